The van der Waals surface area contributed by atoms with E-state index >= 15 is 0 Å². The van der Waals surface area contributed by atoms with Gasteiger partial charge in [0.05, 0.1) is 10.7 Å². The van der Waals surface area contributed by atoms with Crippen LogP contribution in [0.15, 0.2) is 72.8 Å². The summed E-state index contributed by atoms with van der Waals surface area (Å²) in [5.41, 5.74) is 3.07. The van der Waals surface area contributed by atoms with E-state index in [9.17, 15) is 0 Å². The van der Waals surface area contributed by atoms with Gasteiger partial charge in [-0.2, -0.15) is 0 Å². The summed E-state index contributed by atoms with van der Waals surface area (Å²) in [5.74, 6) is 0.843. The van der Waals surface area contributed by atoms with E-state index in [4.69, 9.17) is 27.9 Å². The third-order valence-electron chi connectivity index (χ3n) is 3.56. The largest absolute Gasteiger partial charge is 0.489 e. The Balaban J connectivity index is 1.61. The van der Waals surface area contributed by atoms with Crippen molar-refractivity contribution in [1.82, 2.24) is 0 Å². The summed E-state index contributed by atoms with van der Waals surface area (Å²) in [4.78, 5) is 0. The maximum Gasteiger partial charge on any atom is 0.120 e. The molecule has 0 atom stereocenters. The number of nitrogens with one attached hydrogen (secondary N) is 1. The molecule has 1 N–H and O–H groups in total. The molecule has 0 saturated heterocycles. The van der Waals surface area contributed by atoms with Crippen LogP contribution in [0.25, 0.3) is 0 Å². The van der Waals surface area contributed by atoms with Crippen molar-refractivity contribution in [1.29, 1.82) is 0 Å². The topological polar surface area (TPSA) is 21.3 Å². The number of benzene rings is 3. The fourth-order valence-electron chi connectivity index (χ4n) is 2.32. The average Bonchev–Trinajstić information content (AvgIpc) is 2.62. The van der Waals surface area contributed by atoms with Gasteiger partial charge in [0.2, 0.25) is 0 Å². The first-order chi connectivity index (χ1) is 11.7. The predicted molar refractivity (Wildman–Crippen MR) is 101 cm³/mol. The number of ether oxygens (including phenoxy) is 1. The summed E-state index contributed by atoms with van der Waals surface area (Å²) < 4.78 is 5.85. The molecule has 0 aromatic heterocycles. The second-order valence-electron chi connectivity index (χ2n) is 5.40. The average molecular weight is 358 g/mol. The number of halogens is 2. The van der Waals surface area contributed by atoms with Crippen molar-refractivity contribution in [2.24, 2.45) is 0 Å². The first-order valence-corrected chi connectivity index (χ1v) is 8.41. The van der Waals surface area contributed by atoms with Crippen LogP contribution in [0.2, 0.25) is 10.0 Å². The Morgan fingerprint density at radius 2 is 1.58 bits per heavy atom. The molecule has 2 nitrogen and oxygen atoms in total. The van der Waals surface area contributed by atoms with E-state index < -0.39 is 0 Å². The van der Waals surface area contributed by atoms with Crippen LogP contribution < -0.4 is 10.1 Å². The van der Waals surface area contributed by atoms with Crippen molar-refractivity contribution in [3.8, 4) is 5.75 Å². The van der Waals surface area contributed by atoms with Crippen LogP contribution in [0.3, 0.4) is 0 Å². The summed E-state index contributed by atoms with van der Waals surface area (Å²) in [7, 11) is 0. The molecule has 0 amide bonds. The zero-order valence-corrected chi connectivity index (χ0v) is 14.5. The van der Waals surface area contributed by atoms with Crippen LogP contribution >= 0.6 is 23.2 Å². The number of rotatable bonds is 6. The smallest absolute Gasteiger partial charge is 0.120 e. The standard InChI is InChI=1S/C20H17Cl2NO/c21-17-9-10-19(22)20(12-17)23-13-16-7-4-8-18(11-16)24-14-15-5-2-1-3-6-15/h1-12,23H,13-14H2. The van der Waals surface area contributed by atoms with E-state index in [-0.39, 0.29) is 0 Å². The monoisotopic (exact) mass is 357 g/mol. The lowest BCUT2D eigenvalue weighted by Crippen LogP contribution is -2.01. The van der Waals surface area contributed by atoms with Crippen molar-refractivity contribution >= 4 is 28.9 Å². The predicted octanol–water partition coefficient (Wildman–Crippen LogP) is 6.18. The van der Waals surface area contributed by atoms with Gasteiger partial charge in [0.15, 0.2) is 0 Å². The Bertz CT molecular complexity index is 806. The molecular weight excluding hydrogens is 341 g/mol. The normalized spacial score (nSPS) is 10.4. The lowest BCUT2D eigenvalue weighted by Gasteiger charge is -2.11. The van der Waals surface area contributed by atoms with E-state index in [0.717, 1.165) is 22.6 Å². The van der Waals surface area contributed by atoms with Gasteiger partial charge in [0.25, 0.3) is 0 Å². The van der Waals surface area contributed by atoms with E-state index in [1.807, 2.05) is 60.7 Å². The fourth-order valence-corrected chi connectivity index (χ4v) is 2.67. The van der Waals surface area contributed by atoms with Crippen LogP contribution in [0, 0.1) is 0 Å². The van der Waals surface area contributed by atoms with Gasteiger partial charge >= 0.3 is 0 Å². The Morgan fingerprint density at radius 3 is 2.42 bits per heavy atom. The SMILES string of the molecule is Clc1ccc(Cl)c(NCc2cccc(OCc3ccccc3)c2)c1. The van der Waals surface area contributed by atoms with E-state index in [1.165, 1.54) is 0 Å². The molecule has 3 aromatic rings. The Morgan fingerprint density at radius 1 is 0.792 bits per heavy atom. The van der Waals surface area contributed by atoms with Crippen LogP contribution in [0.5, 0.6) is 5.75 Å². The summed E-state index contributed by atoms with van der Waals surface area (Å²) in [6.45, 7) is 1.19. The second kappa shape index (κ2) is 8.09. The van der Waals surface area contributed by atoms with Crippen molar-refractivity contribution in [2.75, 3.05) is 5.32 Å². The summed E-state index contributed by atoms with van der Waals surface area (Å²) >= 11 is 12.2. The lowest BCUT2D eigenvalue weighted by atomic mass is 10.2. The molecule has 0 radical (unpaired) electrons. The number of hydrogen-bond acceptors (Lipinski definition) is 2. The van der Waals surface area contributed by atoms with Crippen LogP contribution in [0.1, 0.15) is 11.1 Å². The second-order valence-corrected chi connectivity index (χ2v) is 6.24. The van der Waals surface area contributed by atoms with Gasteiger partial charge in [0.1, 0.15) is 12.4 Å². The van der Waals surface area contributed by atoms with E-state index in [2.05, 4.69) is 5.32 Å². The van der Waals surface area contributed by atoms with Crippen LogP contribution in [-0.2, 0) is 13.2 Å². The maximum absolute atomic E-state index is 6.17. The van der Waals surface area contributed by atoms with Gasteiger partial charge in [-0.15, -0.1) is 0 Å². The molecule has 0 spiro atoms. The molecule has 24 heavy (non-hydrogen) atoms. The minimum atomic E-state index is 0.553. The highest BCUT2D eigenvalue weighted by Crippen LogP contribution is 2.26. The highest BCUT2D eigenvalue weighted by molar-refractivity contribution is 6.35. The molecule has 0 fully saturated rings. The molecular formula is C20H17Cl2NO. The Hall–Kier alpha value is -2.16. The Kier molecular flexibility index (Phi) is 5.63. The Labute approximate surface area is 152 Å². The van der Waals surface area contributed by atoms with Crippen molar-refractivity contribution in [3.63, 3.8) is 0 Å². The fraction of sp³-hybridized carbons (Fsp3) is 0.100. The van der Waals surface area contributed by atoms with Gasteiger partial charge in [0, 0.05) is 11.6 Å². The van der Waals surface area contributed by atoms with Gasteiger partial charge in [-0.05, 0) is 41.5 Å². The van der Waals surface area contributed by atoms with Gasteiger partial charge in [-0.25, -0.2) is 0 Å². The molecule has 3 aromatic carbocycles. The summed E-state index contributed by atoms with van der Waals surface area (Å²) in [6.07, 6.45) is 0. The zero-order valence-electron chi connectivity index (χ0n) is 13.0. The summed E-state index contributed by atoms with van der Waals surface area (Å²) in [5, 5.41) is 4.60. The van der Waals surface area contributed by atoms with Crippen molar-refractivity contribution in [3.05, 3.63) is 94.0 Å². The quantitative estimate of drug-likeness (QED) is 0.568. The van der Waals surface area contributed by atoms with E-state index in [0.29, 0.717) is 23.2 Å². The molecule has 0 heterocycles. The first-order valence-electron chi connectivity index (χ1n) is 7.65. The van der Waals surface area contributed by atoms with Crippen LogP contribution in [-0.4, -0.2) is 0 Å². The van der Waals surface area contributed by atoms with Crippen molar-refractivity contribution in [2.45, 2.75) is 13.2 Å². The van der Waals surface area contributed by atoms with Gasteiger partial charge in [-0.1, -0.05) is 65.7 Å². The molecule has 0 saturated carbocycles. The molecule has 122 valence electrons. The summed E-state index contributed by atoms with van der Waals surface area (Å²) in [6, 6.07) is 23.5. The maximum atomic E-state index is 6.17. The molecule has 0 bridgehead atoms. The third-order valence-corrected chi connectivity index (χ3v) is 4.12. The number of anilines is 1. The zero-order chi connectivity index (χ0) is 16.8. The van der Waals surface area contributed by atoms with E-state index in [1.54, 1.807) is 12.1 Å². The lowest BCUT2D eigenvalue weighted by molar-refractivity contribution is 0.306. The third kappa shape index (κ3) is 4.67. The molecule has 3 rings (SSSR count). The number of hydrogen-bond donors (Lipinski definition) is 1. The first kappa shape index (κ1) is 16.7. The minimum absolute atomic E-state index is 0.553. The van der Waals surface area contributed by atoms with Crippen LogP contribution in [0.4, 0.5) is 5.69 Å². The van der Waals surface area contributed by atoms with Gasteiger partial charge in [-0.3, -0.25) is 0 Å². The highest BCUT2D eigenvalue weighted by atomic mass is 35.5. The molecule has 4 heteroatoms. The molecule has 0 aliphatic heterocycles. The molecule has 0 aliphatic rings. The highest BCUT2D eigenvalue weighted by Gasteiger charge is 2.02. The minimum Gasteiger partial charge on any atom is -0.489 e. The molecule has 0 aliphatic carbocycles. The molecule has 0 unspecified atom stereocenters. The van der Waals surface area contributed by atoms with Gasteiger partial charge < -0.3 is 10.1 Å². The van der Waals surface area contributed by atoms with Crippen molar-refractivity contribution < 1.29 is 4.74 Å².